The largest absolute Gasteiger partial charge is 0.493 e. The lowest BCUT2D eigenvalue weighted by Gasteiger charge is -2.11. The van der Waals surface area contributed by atoms with Gasteiger partial charge in [0.25, 0.3) is 5.95 Å². The molecule has 0 spiro atoms. The molecule has 1 aromatic heterocycles. The zero-order valence-corrected chi connectivity index (χ0v) is 14.1. The van der Waals surface area contributed by atoms with Crippen molar-refractivity contribution in [2.24, 2.45) is 4.99 Å². The second-order valence-electron chi connectivity index (χ2n) is 5.36. The van der Waals surface area contributed by atoms with Crippen molar-refractivity contribution in [3.05, 3.63) is 65.5 Å². The smallest absolute Gasteiger partial charge is 0.269 e. The normalized spacial score (nSPS) is 11.0. The van der Waals surface area contributed by atoms with Gasteiger partial charge in [-0.25, -0.2) is 9.67 Å². The molecule has 3 rings (SSSR count). The van der Waals surface area contributed by atoms with Gasteiger partial charge in [0, 0.05) is 6.21 Å². The summed E-state index contributed by atoms with van der Waals surface area (Å²) in [5.41, 5.74) is 1.93. The van der Waals surface area contributed by atoms with Crippen LogP contribution in [0.15, 0.2) is 53.5 Å². The van der Waals surface area contributed by atoms with E-state index in [0.717, 1.165) is 11.1 Å². The first-order chi connectivity index (χ1) is 12.2. The van der Waals surface area contributed by atoms with Gasteiger partial charge in [-0.05, 0) is 36.2 Å². The predicted octanol–water partition coefficient (Wildman–Crippen LogP) is 2.64. The van der Waals surface area contributed by atoms with Crippen LogP contribution in [0.3, 0.4) is 0 Å². The zero-order valence-electron chi connectivity index (χ0n) is 14.1. The molecule has 7 nitrogen and oxygen atoms in total. The minimum absolute atomic E-state index is 0.334. The van der Waals surface area contributed by atoms with Crippen LogP contribution < -0.4 is 15.3 Å². The van der Waals surface area contributed by atoms with E-state index in [2.05, 4.69) is 15.2 Å². The molecule has 2 aromatic carbocycles. The highest BCUT2D eigenvalue weighted by Crippen LogP contribution is 2.28. The summed E-state index contributed by atoms with van der Waals surface area (Å²) in [6.45, 7) is 2.23. The number of ether oxygens (including phenoxy) is 2. The summed E-state index contributed by atoms with van der Waals surface area (Å²) < 4.78 is 12.6. The summed E-state index contributed by atoms with van der Waals surface area (Å²) in [5, 5.41) is 7.75. The summed E-state index contributed by atoms with van der Waals surface area (Å²) in [6.07, 6.45) is 1.65. The molecule has 0 aliphatic carbocycles. The molecule has 128 valence electrons. The molecule has 7 heteroatoms. The molecule has 0 aliphatic heterocycles. The lowest BCUT2D eigenvalue weighted by atomic mass is 10.2. The first-order valence-electron chi connectivity index (χ1n) is 7.73. The number of nitrogen functional groups attached to an aromatic ring is 1. The Bertz CT molecular complexity index is 874. The molecule has 0 unspecified atom stereocenters. The Morgan fingerprint density at radius 3 is 2.60 bits per heavy atom. The topological polar surface area (TPSA) is 87.6 Å². The van der Waals surface area contributed by atoms with Crippen molar-refractivity contribution < 1.29 is 9.47 Å². The third-order valence-electron chi connectivity index (χ3n) is 3.60. The Kier molecular flexibility index (Phi) is 4.94. The predicted molar refractivity (Wildman–Crippen MR) is 95.9 cm³/mol. The van der Waals surface area contributed by atoms with Crippen LogP contribution in [-0.2, 0) is 6.61 Å². The maximum atomic E-state index is 5.84. The van der Waals surface area contributed by atoms with E-state index in [4.69, 9.17) is 15.3 Å². The minimum atomic E-state index is 0.334. The van der Waals surface area contributed by atoms with E-state index in [1.165, 1.54) is 4.68 Å². The fraction of sp³-hybridized carbons (Fsp3) is 0.167. The lowest BCUT2D eigenvalue weighted by molar-refractivity contribution is 0.284. The molecule has 25 heavy (non-hydrogen) atoms. The second kappa shape index (κ2) is 7.48. The molecule has 0 aliphatic rings. The average molecular weight is 337 g/mol. The van der Waals surface area contributed by atoms with Gasteiger partial charge in [0.2, 0.25) is 0 Å². The number of rotatable bonds is 6. The number of aryl methyl sites for hydroxylation is 1. The SMILES string of the molecule is COc1cc(C=Nc2nnc(C)n2N)ccc1OCc1ccccc1. The van der Waals surface area contributed by atoms with Crippen LogP contribution in [0.5, 0.6) is 11.5 Å². The molecule has 0 saturated heterocycles. The Balaban J connectivity index is 1.74. The first-order valence-corrected chi connectivity index (χ1v) is 7.73. The standard InChI is InChI=1S/C18H19N5O2/c1-13-21-22-18(23(13)19)20-11-15-8-9-16(17(10-15)24-2)25-12-14-6-4-3-5-7-14/h3-11H,12,19H2,1-2H3. The van der Waals surface area contributed by atoms with Gasteiger partial charge in [0.05, 0.1) is 7.11 Å². The molecule has 0 radical (unpaired) electrons. The third-order valence-corrected chi connectivity index (χ3v) is 3.60. The Hall–Kier alpha value is -3.35. The molecule has 0 saturated carbocycles. The molecule has 0 amide bonds. The molecule has 0 atom stereocenters. The van der Waals surface area contributed by atoms with Crippen LogP contribution in [0.4, 0.5) is 5.95 Å². The molecule has 2 N–H and O–H groups in total. The number of hydrogen-bond donors (Lipinski definition) is 1. The Labute approximate surface area is 145 Å². The van der Waals surface area contributed by atoms with Gasteiger partial charge in [-0.3, -0.25) is 0 Å². The third kappa shape index (κ3) is 3.95. The van der Waals surface area contributed by atoms with Crippen LogP contribution in [0.25, 0.3) is 0 Å². The summed E-state index contributed by atoms with van der Waals surface area (Å²) in [5.74, 6) is 8.00. The van der Waals surface area contributed by atoms with Gasteiger partial charge in [-0.2, -0.15) is 0 Å². The Morgan fingerprint density at radius 2 is 1.92 bits per heavy atom. The highest BCUT2D eigenvalue weighted by molar-refractivity contribution is 5.82. The summed E-state index contributed by atoms with van der Waals surface area (Å²) in [6, 6.07) is 15.5. The lowest BCUT2D eigenvalue weighted by Crippen LogP contribution is -2.09. The summed E-state index contributed by atoms with van der Waals surface area (Å²) >= 11 is 0. The average Bonchev–Trinajstić information content (AvgIpc) is 2.97. The van der Waals surface area contributed by atoms with Crippen molar-refractivity contribution >= 4 is 12.2 Å². The van der Waals surface area contributed by atoms with Gasteiger partial charge in [-0.15, -0.1) is 10.2 Å². The van der Waals surface area contributed by atoms with Gasteiger partial charge in [-0.1, -0.05) is 30.3 Å². The molecular formula is C18H19N5O2. The maximum Gasteiger partial charge on any atom is 0.269 e. The van der Waals surface area contributed by atoms with Gasteiger partial charge in [0.15, 0.2) is 17.3 Å². The van der Waals surface area contributed by atoms with Crippen LogP contribution in [0.2, 0.25) is 0 Å². The number of nitrogens with two attached hydrogens (primary N) is 1. The second-order valence-corrected chi connectivity index (χ2v) is 5.36. The van der Waals surface area contributed by atoms with Crippen molar-refractivity contribution in [2.75, 3.05) is 13.0 Å². The van der Waals surface area contributed by atoms with Crippen molar-refractivity contribution in [1.82, 2.24) is 14.9 Å². The van der Waals surface area contributed by atoms with Crippen molar-refractivity contribution in [1.29, 1.82) is 0 Å². The van der Waals surface area contributed by atoms with Gasteiger partial charge >= 0.3 is 0 Å². The highest BCUT2D eigenvalue weighted by atomic mass is 16.5. The fourth-order valence-corrected chi connectivity index (χ4v) is 2.20. The van der Waals surface area contributed by atoms with Crippen LogP contribution in [0.1, 0.15) is 17.0 Å². The number of methoxy groups -OCH3 is 1. The maximum absolute atomic E-state index is 5.84. The van der Waals surface area contributed by atoms with Crippen molar-refractivity contribution in [2.45, 2.75) is 13.5 Å². The van der Waals surface area contributed by atoms with Crippen LogP contribution in [0, 0.1) is 6.92 Å². The van der Waals surface area contributed by atoms with Crippen molar-refractivity contribution in [3.8, 4) is 11.5 Å². The summed E-state index contributed by atoms with van der Waals surface area (Å²) in [4.78, 5) is 4.24. The monoisotopic (exact) mass is 337 g/mol. The molecule has 1 heterocycles. The number of hydrogen-bond acceptors (Lipinski definition) is 6. The first kappa shape index (κ1) is 16.5. The summed E-state index contributed by atoms with van der Waals surface area (Å²) in [7, 11) is 1.60. The molecule has 0 bridgehead atoms. The van der Waals surface area contributed by atoms with Crippen LogP contribution >= 0.6 is 0 Å². The molecular weight excluding hydrogens is 318 g/mol. The highest BCUT2D eigenvalue weighted by Gasteiger charge is 2.07. The van der Waals surface area contributed by atoms with E-state index in [1.54, 1.807) is 20.2 Å². The van der Waals surface area contributed by atoms with E-state index < -0.39 is 0 Å². The fourth-order valence-electron chi connectivity index (χ4n) is 2.20. The van der Waals surface area contributed by atoms with Crippen molar-refractivity contribution in [3.63, 3.8) is 0 Å². The van der Waals surface area contributed by atoms with Gasteiger partial charge < -0.3 is 15.3 Å². The number of nitrogens with zero attached hydrogens (tertiary/aromatic N) is 4. The quantitative estimate of drug-likeness (QED) is 0.552. The van der Waals surface area contributed by atoms with E-state index in [-0.39, 0.29) is 0 Å². The molecule has 0 fully saturated rings. The minimum Gasteiger partial charge on any atom is -0.493 e. The van der Waals surface area contributed by atoms with E-state index >= 15 is 0 Å². The number of aliphatic imine (C=N–C) groups is 1. The Morgan fingerprint density at radius 1 is 1.12 bits per heavy atom. The van der Waals surface area contributed by atoms with E-state index in [0.29, 0.717) is 29.9 Å². The zero-order chi connectivity index (χ0) is 17.6. The van der Waals surface area contributed by atoms with E-state index in [9.17, 15) is 0 Å². The number of aromatic nitrogens is 3. The number of benzene rings is 2. The van der Waals surface area contributed by atoms with E-state index in [1.807, 2.05) is 48.5 Å². The van der Waals surface area contributed by atoms with Gasteiger partial charge in [0.1, 0.15) is 6.61 Å². The van der Waals surface area contributed by atoms with Crippen LogP contribution in [-0.4, -0.2) is 28.2 Å². The molecule has 3 aromatic rings.